The minimum atomic E-state index is -0.235. The van der Waals surface area contributed by atoms with Crippen LogP contribution >= 0.6 is 0 Å². The summed E-state index contributed by atoms with van der Waals surface area (Å²) in [4.78, 5) is 11.2. The molecule has 90 valence electrons. The van der Waals surface area contributed by atoms with Crippen LogP contribution in [0.1, 0.15) is 17.5 Å². The van der Waals surface area contributed by atoms with Crippen molar-refractivity contribution < 1.29 is 4.79 Å². The molecule has 2 rings (SSSR count). The van der Waals surface area contributed by atoms with Crippen molar-refractivity contribution in [1.29, 1.82) is 5.26 Å². The summed E-state index contributed by atoms with van der Waals surface area (Å²) < 4.78 is 0. The Bertz CT molecular complexity index is 626. The number of hydrogen-bond acceptors (Lipinski definition) is 2. The van der Waals surface area contributed by atoms with Crippen LogP contribution in [0, 0.1) is 18.3 Å². The number of nitrogens with zero attached hydrogens (tertiary/aromatic N) is 1. The number of carbonyl (C=O) groups excluding carboxylic acids is 1. The van der Waals surface area contributed by atoms with Gasteiger partial charge in [-0.1, -0.05) is 35.9 Å². The van der Waals surface area contributed by atoms with E-state index < -0.39 is 0 Å². The minimum Gasteiger partial charge on any atom is -0.351 e. The van der Waals surface area contributed by atoms with Gasteiger partial charge in [-0.3, -0.25) is 4.79 Å². The zero-order valence-corrected chi connectivity index (χ0v) is 10.2. The summed E-state index contributed by atoms with van der Waals surface area (Å²) in [7, 11) is 0. The summed E-state index contributed by atoms with van der Waals surface area (Å²) in [5.74, 6) is -0.235. The Hall–Kier alpha value is -2.34. The number of hydrogen-bond donors (Lipinski definition) is 1. The zero-order valence-electron chi connectivity index (χ0n) is 10.2. The number of aryl methyl sites for hydroxylation is 1. The van der Waals surface area contributed by atoms with Crippen molar-refractivity contribution in [3.63, 3.8) is 0 Å². The van der Waals surface area contributed by atoms with Crippen molar-refractivity contribution in [2.45, 2.75) is 19.9 Å². The molecule has 0 bridgehead atoms. The van der Waals surface area contributed by atoms with E-state index in [0.29, 0.717) is 6.54 Å². The summed E-state index contributed by atoms with van der Waals surface area (Å²) in [6.07, 6.45) is -0.0905. The standard InChI is InChI=1S/C15H14N2O/c1-11-2-4-14-9-12(3-5-13(14)8-11)10-17-15(18)6-7-16/h2-5,8-9H,6,10H2,1H3,(H,17,18). The number of amides is 1. The first-order chi connectivity index (χ1) is 8.69. The second-order valence-corrected chi connectivity index (χ2v) is 4.30. The van der Waals surface area contributed by atoms with Gasteiger partial charge in [-0.15, -0.1) is 0 Å². The quantitative estimate of drug-likeness (QED) is 0.893. The number of nitrogens with one attached hydrogen (secondary N) is 1. The van der Waals surface area contributed by atoms with Gasteiger partial charge in [0.2, 0.25) is 5.91 Å². The molecule has 0 radical (unpaired) electrons. The maximum Gasteiger partial charge on any atom is 0.234 e. The Balaban J connectivity index is 2.13. The first-order valence-electron chi connectivity index (χ1n) is 5.82. The van der Waals surface area contributed by atoms with E-state index in [2.05, 4.69) is 36.5 Å². The van der Waals surface area contributed by atoms with Crippen LogP contribution < -0.4 is 5.32 Å². The van der Waals surface area contributed by atoms with Crippen LogP contribution in [0.25, 0.3) is 10.8 Å². The van der Waals surface area contributed by atoms with Crippen LogP contribution in [0.3, 0.4) is 0 Å². The van der Waals surface area contributed by atoms with Crippen molar-refractivity contribution >= 4 is 16.7 Å². The van der Waals surface area contributed by atoms with Crippen LogP contribution in [-0.2, 0) is 11.3 Å². The third kappa shape index (κ3) is 2.86. The SMILES string of the molecule is Cc1ccc2cc(CNC(=O)CC#N)ccc2c1. The molecule has 2 aromatic rings. The largest absolute Gasteiger partial charge is 0.351 e. The highest BCUT2D eigenvalue weighted by molar-refractivity contribution is 5.84. The lowest BCUT2D eigenvalue weighted by molar-refractivity contribution is -0.120. The van der Waals surface area contributed by atoms with E-state index >= 15 is 0 Å². The molecule has 0 saturated carbocycles. The van der Waals surface area contributed by atoms with Crippen molar-refractivity contribution in [2.75, 3.05) is 0 Å². The molecule has 0 heterocycles. The molecule has 2 aromatic carbocycles. The molecule has 0 fully saturated rings. The molecule has 0 unspecified atom stereocenters. The average molecular weight is 238 g/mol. The molecule has 0 saturated heterocycles. The maximum absolute atomic E-state index is 11.2. The predicted molar refractivity (Wildman–Crippen MR) is 70.8 cm³/mol. The Morgan fingerprint density at radius 2 is 1.94 bits per heavy atom. The molecule has 0 spiro atoms. The Kier molecular flexibility index (Phi) is 3.59. The van der Waals surface area contributed by atoms with E-state index in [1.165, 1.54) is 10.9 Å². The molecule has 0 aromatic heterocycles. The molecule has 0 aliphatic heterocycles. The van der Waals surface area contributed by atoms with E-state index in [9.17, 15) is 4.79 Å². The molecule has 18 heavy (non-hydrogen) atoms. The van der Waals surface area contributed by atoms with Gasteiger partial charge in [0.15, 0.2) is 0 Å². The van der Waals surface area contributed by atoms with Crippen LogP contribution in [0.4, 0.5) is 0 Å². The summed E-state index contributed by atoms with van der Waals surface area (Å²) >= 11 is 0. The Labute approximate surface area is 106 Å². The summed E-state index contributed by atoms with van der Waals surface area (Å²) in [6, 6.07) is 14.2. The zero-order chi connectivity index (χ0) is 13.0. The van der Waals surface area contributed by atoms with Crippen molar-refractivity contribution in [2.24, 2.45) is 0 Å². The lowest BCUT2D eigenvalue weighted by atomic mass is 10.0. The second kappa shape index (κ2) is 5.33. The van der Waals surface area contributed by atoms with Crippen molar-refractivity contribution in [3.8, 4) is 6.07 Å². The summed E-state index contributed by atoms with van der Waals surface area (Å²) in [5.41, 5.74) is 2.27. The summed E-state index contributed by atoms with van der Waals surface area (Å²) in [6.45, 7) is 2.53. The number of nitriles is 1. The van der Waals surface area contributed by atoms with Crippen molar-refractivity contribution in [3.05, 3.63) is 47.5 Å². The number of rotatable bonds is 3. The van der Waals surface area contributed by atoms with Gasteiger partial charge in [0.05, 0.1) is 6.07 Å². The van der Waals surface area contributed by atoms with E-state index in [4.69, 9.17) is 5.26 Å². The molecule has 1 amide bonds. The molecule has 0 atom stereocenters. The third-order valence-corrected chi connectivity index (χ3v) is 2.79. The van der Waals surface area contributed by atoms with Gasteiger partial charge in [0.1, 0.15) is 6.42 Å². The smallest absolute Gasteiger partial charge is 0.234 e. The number of fused-ring (bicyclic) bond motifs is 1. The van der Waals surface area contributed by atoms with Gasteiger partial charge < -0.3 is 5.32 Å². The van der Waals surface area contributed by atoms with Crippen LogP contribution in [0.2, 0.25) is 0 Å². The fourth-order valence-corrected chi connectivity index (χ4v) is 1.86. The van der Waals surface area contributed by atoms with Gasteiger partial charge in [-0.25, -0.2) is 0 Å². The lowest BCUT2D eigenvalue weighted by Crippen LogP contribution is -2.21. The van der Waals surface area contributed by atoms with Gasteiger partial charge in [-0.05, 0) is 29.3 Å². The molecule has 3 heteroatoms. The highest BCUT2D eigenvalue weighted by Gasteiger charge is 2.01. The molecule has 0 aliphatic carbocycles. The average Bonchev–Trinajstić information content (AvgIpc) is 2.36. The number of benzene rings is 2. The lowest BCUT2D eigenvalue weighted by Gasteiger charge is -2.05. The maximum atomic E-state index is 11.2. The van der Waals surface area contributed by atoms with E-state index in [1.54, 1.807) is 0 Å². The third-order valence-electron chi connectivity index (χ3n) is 2.79. The summed E-state index contributed by atoms with van der Waals surface area (Å²) in [5, 5.41) is 13.5. The number of carbonyl (C=O) groups is 1. The van der Waals surface area contributed by atoms with Crippen LogP contribution in [0.15, 0.2) is 36.4 Å². The molecule has 3 nitrogen and oxygen atoms in total. The van der Waals surface area contributed by atoms with Gasteiger partial charge in [0, 0.05) is 6.54 Å². The molecular weight excluding hydrogens is 224 g/mol. The first-order valence-corrected chi connectivity index (χ1v) is 5.82. The fourth-order valence-electron chi connectivity index (χ4n) is 1.86. The van der Waals surface area contributed by atoms with E-state index in [0.717, 1.165) is 10.9 Å². The van der Waals surface area contributed by atoms with Gasteiger partial charge >= 0.3 is 0 Å². The van der Waals surface area contributed by atoms with E-state index in [1.807, 2.05) is 18.2 Å². The fraction of sp³-hybridized carbons (Fsp3) is 0.200. The second-order valence-electron chi connectivity index (χ2n) is 4.30. The normalized spacial score (nSPS) is 10.0. The van der Waals surface area contributed by atoms with E-state index in [-0.39, 0.29) is 12.3 Å². The first kappa shape index (κ1) is 12.1. The predicted octanol–water partition coefficient (Wildman–Crippen LogP) is 2.68. The van der Waals surface area contributed by atoms with Crippen LogP contribution in [0.5, 0.6) is 0 Å². The molecule has 1 N–H and O–H groups in total. The monoisotopic (exact) mass is 238 g/mol. The van der Waals surface area contributed by atoms with Gasteiger partial charge in [0.25, 0.3) is 0 Å². The Morgan fingerprint density at radius 1 is 1.22 bits per heavy atom. The minimum absolute atomic E-state index is 0.0905. The molecule has 0 aliphatic rings. The highest BCUT2D eigenvalue weighted by Crippen LogP contribution is 2.17. The topological polar surface area (TPSA) is 52.9 Å². The van der Waals surface area contributed by atoms with Crippen LogP contribution in [-0.4, -0.2) is 5.91 Å². The van der Waals surface area contributed by atoms with Crippen molar-refractivity contribution in [1.82, 2.24) is 5.32 Å². The molecular formula is C15H14N2O. The van der Waals surface area contributed by atoms with Gasteiger partial charge in [-0.2, -0.15) is 5.26 Å². The highest BCUT2D eigenvalue weighted by atomic mass is 16.1. The Morgan fingerprint density at radius 3 is 2.72 bits per heavy atom.